The number of alkyl halides is 8. The molecule has 0 aromatic heterocycles. The van der Waals surface area contributed by atoms with Gasteiger partial charge in [-0.05, 0) is 0 Å². The second-order valence-electron chi connectivity index (χ2n) is 2.35. The van der Waals surface area contributed by atoms with E-state index in [9.17, 15) is 40.2 Å². The molecule has 0 aromatic carbocycles. The second kappa shape index (κ2) is 4.47. The molecule has 10 heteroatoms. The molecule has 0 saturated heterocycles. The Hall–Kier alpha value is -0.640. The van der Waals surface area contributed by atoms with Gasteiger partial charge < -0.3 is 11.3 Å². The predicted molar refractivity (Wildman–Crippen MR) is 31.7 cm³/mol. The van der Waals surface area contributed by atoms with Crippen LogP contribution in [0.3, 0.4) is 0 Å². The minimum atomic E-state index is -6.37. The average Bonchev–Trinajstić information content (AvgIpc) is 2.03. The first-order valence-corrected chi connectivity index (χ1v) is 3.00. The fourth-order valence-electron chi connectivity index (χ4n) is 0.472. The summed E-state index contributed by atoms with van der Waals surface area (Å²) in [5.74, 6) is -18.3. The van der Waals surface area contributed by atoms with Crippen molar-refractivity contribution in [2.24, 2.45) is 0 Å². The van der Waals surface area contributed by atoms with Gasteiger partial charge >= 0.3 is 24.2 Å². The Balaban J connectivity index is 0. The summed E-state index contributed by atoms with van der Waals surface area (Å²) in [6, 6.07) is 0. The van der Waals surface area contributed by atoms with Gasteiger partial charge in [0.2, 0.25) is 0 Å². The van der Waals surface area contributed by atoms with Gasteiger partial charge in [0.15, 0.2) is 0 Å². The van der Waals surface area contributed by atoms with E-state index >= 15 is 0 Å². The molecule has 0 rings (SSSR count). The highest BCUT2D eigenvalue weighted by molar-refractivity contribution is 4.97. The molecule has 0 atom stereocenters. The van der Waals surface area contributed by atoms with Gasteiger partial charge in [-0.25, -0.2) is 17.6 Å². The number of hydrogen-bond acceptors (Lipinski definition) is 1. The molecule has 0 aliphatic rings. The highest BCUT2D eigenvalue weighted by Gasteiger charge is 2.73. The molecule has 0 unspecified atom stereocenters. The molecule has 0 heterocycles. The van der Waals surface area contributed by atoms with E-state index in [0.29, 0.717) is 0 Å². The van der Waals surface area contributed by atoms with Gasteiger partial charge in [0.1, 0.15) is 0 Å². The Bertz CT molecular complexity index is 205. The maximum absolute atomic E-state index is 12.1. The second-order valence-corrected chi connectivity index (χ2v) is 2.35. The summed E-state index contributed by atoms with van der Waals surface area (Å²) >= 11 is 0. The smallest absolute Gasteiger partial charge is 0.376 e. The number of hydrogen-bond donors (Lipinski definition) is 1. The Morgan fingerprint density at radius 3 is 1.47 bits per heavy atom. The summed E-state index contributed by atoms with van der Waals surface area (Å²) in [5, 5.41) is 9.46. The minimum absolute atomic E-state index is 0. The average molecular weight is 249 g/mol. The van der Waals surface area contributed by atoms with Crippen molar-refractivity contribution in [1.29, 1.82) is 0 Å². The lowest BCUT2D eigenvalue weighted by atomic mass is 10.1. The highest BCUT2D eigenvalue weighted by Crippen LogP contribution is 2.47. The summed E-state index contributed by atoms with van der Waals surface area (Å²) in [5.41, 5.74) is 0. The summed E-state index contributed by atoms with van der Waals surface area (Å²) in [6.07, 6.45) is -4.98. The number of rotatable bonds is 4. The van der Waals surface area contributed by atoms with Gasteiger partial charge in [-0.15, -0.1) is 0 Å². The Kier molecular flexibility index (Phi) is 5.00. The monoisotopic (exact) mass is 249 g/mol. The van der Waals surface area contributed by atoms with Crippen molar-refractivity contribution in [2.45, 2.75) is 24.2 Å². The molecule has 0 aliphatic carbocycles. The van der Waals surface area contributed by atoms with E-state index < -0.39 is 30.8 Å². The predicted octanol–water partition coefficient (Wildman–Crippen LogP) is 1.89. The van der Waals surface area contributed by atoms with E-state index in [1.54, 1.807) is 0 Å². The molecule has 15 heavy (non-hydrogen) atoms. The van der Waals surface area contributed by atoms with Crippen LogP contribution in [0.15, 0.2) is 0 Å². The van der Waals surface area contributed by atoms with Crippen molar-refractivity contribution >= 4 is 0 Å². The summed E-state index contributed by atoms with van der Waals surface area (Å²) < 4.78 is 94.3. The van der Waals surface area contributed by atoms with Crippen LogP contribution in [0.5, 0.6) is 0 Å². The van der Waals surface area contributed by atoms with Crippen LogP contribution in [0.25, 0.3) is 0 Å². The molecule has 0 fully saturated rings. The van der Waals surface area contributed by atoms with Crippen LogP contribution in [0.2, 0.25) is 0 Å². The van der Waals surface area contributed by atoms with Crippen LogP contribution in [-0.4, -0.2) is 30.8 Å². The van der Waals surface area contributed by atoms with E-state index in [-0.39, 0.29) is 6.15 Å². The van der Waals surface area contributed by atoms with Crippen LogP contribution in [0, 0.1) is 0 Å². The fourth-order valence-corrected chi connectivity index (χ4v) is 0.472. The third kappa shape index (κ3) is 2.48. The fraction of sp³-hybridized carbons (Fsp3) is 1.00. The summed E-state index contributed by atoms with van der Waals surface area (Å²) in [4.78, 5) is 0. The van der Waals surface area contributed by atoms with E-state index in [1.807, 2.05) is 0 Å². The summed E-state index contributed by atoms with van der Waals surface area (Å²) in [6.45, 7) is -2.90. The van der Waals surface area contributed by atoms with Crippen molar-refractivity contribution in [3.8, 4) is 0 Å². The van der Waals surface area contributed by atoms with Crippen molar-refractivity contribution in [1.82, 2.24) is 6.15 Å². The molecule has 0 aliphatic heterocycles. The molecule has 0 bridgehead atoms. The molecule has 0 aromatic rings. The highest BCUT2D eigenvalue weighted by atomic mass is 19.4. The van der Waals surface area contributed by atoms with Gasteiger partial charge in [0, 0.05) is 0 Å². The van der Waals surface area contributed by atoms with Crippen molar-refractivity contribution < 1.29 is 40.2 Å². The molecule has 0 radical (unpaired) electrons. The Labute approximate surface area is 78.5 Å². The van der Waals surface area contributed by atoms with Gasteiger partial charge in [-0.2, -0.15) is 17.6 Å². The van der Waals surface area contributed by atoms with Gasteiger partial charge in [0.05, 0.1) is 0 Å². The van der Waals surface area contributed by atoms with E-state index in [0.717, 1.165) is 0 Å². The molecule has 0 spiro atoms. The Morgan fingerprint density at radius 1 is 0.933 bits per heavy atom. The maximum Gasteiger partial charge on any atom is 0.376 e. The largest absolute Gasteiger partial charge is 0.850 e. The lowest BCUT2D eigenvalue weighted by Crippen LogP contribution is -2.60. The van der Waals surface area contributed by atoms with Crippen LogP contribution >= 0.6 is 0 Å². The first-order chi connectivity index (χ1) is 6.00. The van der Waals surface area contributed by atoms with Gasteiger partial charge in [-0.1, -0.05) is 6.61 Å². The molecule has 2 nitrogen and oxygen atoms in total. The first-order valence-electron chi connectivity index (χ1n) is 3.00. The quantitative estimate of drug-likeness (QED) is 0.760. The van der Waals surface area contributed by atoms with Crippen LogP contribution in [-0.2, 0) is 0 Å². The zero-order valence-electron chi connectivity index (χ0n) is 7.22. The normalized spacial score (nSPS) is 14.0. The number of halogens is 8. The molecule has 0 saturated carbocycles. The van der Waals surface area contributed by atoms with Crippen molar-refractivity contribution in [3.63, 3.8) is 0 Å². The third-order valence-electron chi connectivity index (χ3n) is 1.33. The van der Waals surface area contributed by atoms with Gasteiger partial charge in [-0.3, -0.25) is 0 Å². The van der Waals surface area contributed by atoms with E-state index in [2.05, 4.69) is 0 Å². The molecular weight excluding hydrogens is 242 g/mol. The lowest BCUT2D eigenvalue weighted by molar-refractivity contribution is -0.447. The maximum atomic E-state index is 12.1. The van der Waals surface area contributed by atoms with Crippen molar-refractivity contribution in [2.75, 3.05) is 6.61 Å². The third-order valence-corrected chi connectivity index (χ3v) is 1.33. The van der Waals surface area contributed by atoms with E-state index in [1.165, 1.54) is 0 Å². The standard InChI is InChI=1S/C5H3F8O.H3N/c6-2(7)4(10,11)5(12,13)3(8,9)1-14;/h2H,1H2;1H3/q-1;/p+1. The van der Waals surface area contributed by atoms with Crippen LogP contribution < -0.4 is 11.3 Å². The Morgan fingerprint density at radius 2 is 1.27 bits per heavy atom. The molecule has 94 valence electrons. The number of quaternary nitrogens is 1. The topological polar surface area (TPSA) is 59.6 Å². The van der Waals surface area contributed by atoms with Crippen molar-refractivity contribution in [3.05, 3.63) is 0 Å². The van der Waals surface area contributed by atoms with E-state index in [4.69, 9.17) is 0 Å². The molecule has 4 N–H and O–H groups in total. The first kappa shape index (κ1) is 16.8. The zero-order valence-corrected chi connectivity index (χ0v) is 7.22. The zero-order chi connectivity index (χ0) is 11.8. The molecular formula is C5H7F8NO. The minimum Gasteiger partial charge on any atom is -0.850 e. The SMILES string of the molecule is [NH4+].[O-]CC(F)(F)C(F)(F)C(F)(F)C(F)F. The lowest BCUT2D eigenvalue weighted by Gasteiger charge is -2.33. The van der Waals surface area contributed by atoms with Gasteiger partial charge in [0.25, 0.3) is 0 Å². The van der Waals surface area contributed by atoms with Crippen LogP contribution in [0.4, 0.5) is 35.1 Å². The molecule has 0 amide bonds. The summed E-state index contributed by atoms with van der Waals surface area (Å²) in [7, 11) is 0. The van der Waals surface area contributed by atoms with Crippen LogP contribution in [0.1, 0.15) is 0 Å².